The molecule has 0 aliphatic rings. The molecule has 2 N–H and O–H groups in total. The number of aryl methyl sites for hydroxylation is 1. The fourth-order valence-corrected chi connectivity index (χ4v) is 3.95. The van der Waals surface area contributed by atoms with Crippen LogP contribution < -0.4 is 10.0 Å². The normalized spacial score (nSPS) is 12.5. The average molecular weight is 405 g/mol. The van der Waals surface area contributed by atoms with E-state index in [4.69, 9.17) is 4.74 Å². The van der Waals surface area contributed by atoms with Gasteiger partial charge in [0, 0.05) is 31.7 Å². The maximum absolute atomic E-state index is 12.7. The molecule has 2 aromatic carbocycles. The zero-order chi connectivity index (χ0) is 20.6. The molecule has 0 radical (unpaired) electrons. The molecular weight excluding hydrogens is 376 g/mol. The van der Waals surface area contributed by atoms with Crippen LogP contribution in [0.1, 0.15) is 40.7 Å². The van der Waals surface area contributed by atoms with E-state index < -0.39 is 10.0 Å². The number of benzene rings is 2. The van der Waals surface area contributed by atoms with Gasteiger partial charge >= 0.3 is 0 Å². The van der Waals surface area contributed by atoms with Crippen molar-refractivity contribution in [1.29, 1.82) is 0 Å². The van der Waals surface area contributed by atoms with Crippen molar-refractivity contribution in [1.82, 2.24) is 10.0 Å². The van der Waals surface area contributed by atoms with E-state index in [1.807, 2.05) is 30.3 Å². The molecule has 0 unspecified atom stereocenters. The third kappa shape index (κ3) is 5.89. The summed E-state index contributed by atoms with van der Waals surface area (Å²) >= 11 is 0. The minimum atomic E-state index is -3.69. The van der Waals surface area contributed by atoms with Crippen LogP contribution in [0.15, 0.2) is 53.4 Å². The van der Waals surface area contributed by atoms with Gasteiger partial charge in [-0.15, -0.1) is 0 Å². The molecular formula is C21H28N2O4S. The number of nitrogens with one attached hydrogen (secondary N) is 2. The molecule has 0 heterocycles. The Balaban J connectivity index is 2.12. The first-order valence-corrected chi connectivity index (χ1v) is 10.8. The smallest absolute Gasteiger partial charge is 0.251 e. The summed E-state index contributed by atoms with van der Waals surface area (Å²) in [7, 11) is -2.19. The number of sulfonamides is 1. The quantitative estimate of drug-likeness (QED) is 0.597. The number of ether oxygens (including phenoxy) is 1. The number of carbonyl (C=O) groups excluding carboxylic acids is 1. The molecule has 152 valence electrons. The second kappa shape index (κ2) is 10.4. The second-order valence-corrected chi connectivity index (χ2v) is 8.36. The molecule has 0 spiro atoms. The van der Waals surface area contributed by atoms with Crippen LogP contribution in [-0.4, -0.2) is 41.1 Å². The first-order valence-electron chi connectivity index (χ1n) is 9.31. The monoisotopic (exact) mass is 404 g/mol. The van der Waals surface area contributed by atoms with Gasteiger partial charge in [-0.05, 0) is 36.6 Å². The Kier molecular flexibility index (Phi) is 8.17. The lowest BCUT2D eigenvalue weighted by atomic mass is 9.96. The van der Waals surface area contributed by atoms with Crippen LogP contribution in [0.3, 0.4) is 0 Å². The minimum absolute atomic E-state index is 0.0643. The summed E-state index contributed by atoms with van der Waals surface area (Å²) in [4.78, 5) is 12.8. The Hall–Kier alpha value is -2.22. The standard InChI is InChI=1S/C21H28N2O4S/c1-4-17(18-8-6-5-7-9-18)15-22-21(24)20-14-19(11-10-16(20)2)28(25,26)23-12-13-27-3/h5-11,14,17,23H,4,12-13,15H2,1-3H3,(H,22,24)/t17-/m0/s1. The van der Waals surface area contributed by atoms with Crippen LogP contribution >= 0.6 is 0 Å². The first kappa shape index (κ1) is 22.1. The predicted octanol–water partition coefficient (Wildman–Crippen LogP) is 2.84. The SMILES string of the molecule is CC[C@@H](CNC(=O)c1cc(S(=O)(=O)NCCOC)ccc1C)c1ccccc1. The van der Waals surface area contributed by atoms with E-state index in [1.54, 1.807) is 13.0 Å². The third-order valence-corrected chi connectivity index (χ3v) is 6.09. The zero-order valence-electron chi connectivity index (χ0n) is 16.6. The van der Waals surface area contributed by atoms with E-state index >= 15 is 0 Å². The lowest BCUT2D eigenvalue weighted by molar-refractivity contribution is 0.0950. The summed E-state index contributed by atoms with van der Waals surface area (Å²) in [5, 5.41) is 2.95. The summed E-state index contributed by atoms with van der Waals surface area (Å²) in [5.74, 6) is -0.0751. The first-order chi connectivity index (χ1) is 13.4. The van der Waals surface area contributed by atoms with E-state index in [0.29, 0.717) is 12.1 Å². The highest BCUT2D eigenvalue weighted by molar-refractivity contribution is 7.89. The fourth-order valence-electron chi connectivity index (χ4n) is 2.91. The van der Waals surface area contributed by atoms with Crippen LogP contribution in [0.25, 0.3) is 0 Å². The molecule has 6 nitrogen and oxygen atoms in total. The number of amides is 1. The van der Waals surface area contributed by atoms with Gasteiger partial charge in [-0.2, -0.15) is 0 Å². The average Bonchev–Trinajstić information content (AvgIpc) is 2.69. The summed E-state index contributed by atoms with van der Waals surface area (Å²) in [6, 6.07) is 14.6. The maximum Gasteiger partial charge on any atom is 0.251 e. The number of hydrogen-bond acceptors (Lipinski definition) is 4. The van der Waals surface area contributed by atoms with Crippen LogP contribution in [0.5, 0.6) is 0 Å². The number of rotatable bonds is 10. The molecule has 0 bridgehead atoms. The molecule has 1 amide bonds. The van der Waals surface area contributed by atoms with Gasteiger partial charge in [0.05, 0.1) is 11.5 Å². The Morgan fingerprint density at radius 2 is 1.86 bits per heavy atom. The van der Waals surface area contributed by atoms with Crippen molar-refractivity contribution in [2.45, 2.75) is 31.1 Å². The molecule has 0 aromatic heterocycles. The van der Waals surface area contributed by atoms with Crippen molar-refractivity contribution in [3.63, 3.8) is 0 Å². The molecule has 2 rings (SSSR count). The molecule has 0 aliphatic carbocycles. The van der Waals surface area contributed by atoms with Gasteiger partial charge in [-0.1, -0.05) is 43.3 Å². The van der Waals surface area contributed by atoms with Crippen molar-refractivity contribution in [3.8, 4) is 0 Å². The van der Waals surface area contributed by atoms with Crippen LogP contribution in [0.4, 0.5) is 0 Å². The van der Waals surface area contributed by atoms with Gasteiger partial charge in [0.1, 0.15) is 0 Å². The molecule has 2 aromatic rings. The van der Waals surface area contributed by atoms with E-state index in [0.717, 1.165) is 12.0 Å². The van der Waals surface area contributed by atoms with E-state index in [9.17, 15) is 13.2 Å². The van der Waals surface area contributed by atoms with Crippen molar-refractivity contribution in [3.05, 3.63) is 65.2 Å². The predicted molar refractivity (Wildman–Crippen MR) is 110 cm³/mol. The van der Waals surface area contributed by atoms with Crippen molar-refractivity contribution < 1.29 is 17.9 Å². The molecule has 0 saturated carbocycles. The number of methoxy groups -OCH3 is 1. The van der Waals surface area contributed by atoms with E-state index in [2.05, 4.69) is 17.0 Å². The van der Waals surface area contributed by atoms with Gasteiger partial charge in [-0.25, -0.2) is 13.1 Å². The molecule has 1 atom stereocenters. The Bertz CT molecular complexity index is 883. The van der Waals surface area contributed by atoms with Crippen LogP contribution in [-0.2, 0) is 14.8 Å². The lowest BCUT2D eigenvalue weighted by Gasteiger charge is -2.17. The maximum atomic E-state index is 12.7. The molecule has 0 saturated heterocycles. The summed E-state index contributed by atoms with van der Waals surface area (Å²) in [6.07, 6.45) is 0.890. The number of carbonyl (C=O) groups is 1. The summed E-state index contributed by atoms with van der Waals surface area (Å²) in [5.41, 5.74) is 2.25. The van der Waals surface area contributed by atoms with Gasteiger partial charge in [0.25, 0.3) is 5.91 Å². The van der Waals surface area contributed by atoms with Gasteiger partial charge in [0.15, 0.2) is 0 Å². The zero-order valence-corrected chi connectivity index (χ0v) is 17.4. The van der Waals surface area contributed by atoms with Crippen LogP contribution in [0, 0.1) is 6.92 Å². The minimum Gasteiger partial charge on any atom is -0.383 e. The molecule has 7 heteroatoms. The highest BCUT2D eigenvalue weighted by Gasteiger charge is 2.18. The topological polar surface area (TPSA) is 84.5 Å². The lowest BCUT2D eigenvalue weighted by Crippen LogP contribution is -2.30. The van der Waals surface area contributed by atoms with Gasteiger partial charge in [-0.3, -0.25) is 4.79 Å². The third-order valence-electron chi connectivity index (χ3n) is 4.64. The second-order valence-electron chi connectivity index (χ2n) is 6.59. The molecule has 0 aliphatic heterocycles. The largest absolute Gasteiger partial charge is 0.383 e. The van der Waals surface area contributed by atoms with E-state index in [1.165, 1.54) is 24.8 Å². The highest BCUT2D eigenvalue weighted by atomic mass is 32.2. The van der Waals surface area contributed by atoms with Gasteiger partial charge < -0.3 is 10.1 Å². The van der Waals surface area contributed by atoms with Crippen LogP contribution in [0.2, 0.25) is 0 Å². The highest BCUT2D eigenvalue weighted by Crippen LogP contribution is 2.19. The Morgan fingerprint density at radius 3 is 2.50 bits per heavy atom. The summed E-state index contributed by atoms with van der Waals surface area (Å²) in [6.45, 7) is 4.80. The van der Waals surface area contributed by atoms with Crippen molar-refractivity contribution in [2.24, 2.45) is 0 Å². The fraction of sp³-hybridized carbons (Fsp3) is 0.381. The Morgan fingerprint density at radius 1 is 1.14 bits per heavy atom. The molecule has 28 heavy (non-hydrogen) atoms. The van der Waals surface area contributed by atoms with Gasteiger partial charge in [0.2, 0.25) is 10.0 Å². The molecule has 0 fully saturated rings. The number of hydrogen-bond donors (Lipinski definition) is 2. The Labute approximate surface area is 167 Å². The van der Waals surface area contributed by atoms with E-state index in [-0.39, 0.29) is 29.9 Å². The van der Waals surface area contributed by atoms with Crippen molar-refractivity contribution in [2.75, 3.05) is 26.8 Å². The van der Waals surface area contributed by atoms with Crippen molar-refractivity contribution >= 4 is 15.9 Å². The summed E-state index contributed by atoms with van der Waals surface area (Å²) < 4.78 is 32.1.